The van der Waals surface area contributed by atoms with Crippen molar-refractivity contribution in [1.82, 2.24) is 5.32 Å². The number of ether oxygens (including phenoxy) is 1. The lowest BCUT2D eigenvalue weighted by Gasteiger charge is -2.08. The smallest absolute Gasteiger partial charge is 0.332 e. The van der Waals surface area contributed by atoms with Crippen LogP contribution in [0.2, 0.25) is 0 Å². The number of aliphatic hydroxyl groups is 1. The van der Waals surface area contributed by atoms with Gasteiger partial charge < -0.3 is 20.3 Å². The predicted octanol–water partition coefficient (Wildman–Crippen LogP) is 0.189. The Balaban J connectivity index is 2.36. The molecule has 1 amide bonds. The average Bonchev–Trinajstić information content (AvgIpc) is 2.38. The molecular weight excluding hydrogens is 250 g/mol. The van der Waals surface area contributed by atoms with Gasteiger partial charge in [0.1, 0.15) is 5.75 Å². The van der Waals surface area contributed by atoms with Gasteiger partial charge in [-0.25, -0.2) is 4.79 Å². The summed E-state index contributed by atoms with van der Waals surface area (Å²) in [7, 11) is 1.55. The van der Waals surface area contributed by atoms with Crippen molar-refractivity contribution < 1.29 is 24.5 Å². The highest BCUT2D eigenvalue weighted by molar-refractivity contribution is 5.78. The molecule has 0 aromatic heterocycles. The maximum absolute atomic E-state index is 11.6. The first-order chi connectivity index (χ1) is 9.02. The van der Waals surface area contributed by atoms with Gasteiger partial charge in [0.15, 0.2) is 6.10 Å². The predicted molar refractivity (Wildman–Crippen MR) is 68.0 cm³/mol. The van der Waals surface area contributed by atoms with Crippen molar-refractivity contribution in [2.24, 2.45) is 0 Å². The standard InChI is InChI=1S/C13H17NO5/c1-19-10-4-2-3-9(7-10)8-12(16)14-6-5-11(15)13(17)18/h2-4,7,11,15H,5-6,8H2,1H3,(H,14,16)(H,17,18)/t11-/m0/s1. The third kappa shape index (κ3) is 5.39. The van der Waals surface area contributed by atoms with Crippen molar-refractivity contribution in [3.05, 3.63) is 29.8 Å². The fourth-order valence-corrected chi connectivity index (χ4v) is 1.50. The molecule has 1 aromatic rings. The summed E-state index contributed by atoms with van der Waals surface area (Å²) < 4.78 is 5.05. The van der Waals surface area contributed by atoms with Gasteiger partial charge in [-0.3, -0.25) is 4.79 Å². The number of aliphatic carboxylic acids is 1. The van der Waals surface area contributed by atoms with E-state index in [4.69, 9.17) is 14.9 Å². The summed E-state index contributed by atoms with van der Waals surface area (Å²) in [5.41, 5.74) is 0.802. The molecule has 0 aliphatic rings. The van der Waals surface area contributed by atoms with E-state index in [0.29, 0.717) is 5.75 Å². The quantitative estimate of drug-likeness (QED) is 0.655. The van der Waals surface area contributed by atoms with Crippen LogP contribution in [0.15, 0.2) is 24.3 Å². The fourth-order valence-electron chi connectivity index (χ4n) is 1.50. The second-order valence-corrected chi connectivity index (χ2v) is 4.02. The van der Waals surface area contributed by atoms with Crippen LogP contribution in [0.3, 0.4) is 0 Å². The number of carbonyl (C=O) groups is 2. The van der Waals surface area contributed by atoms with Crippen molar-refractivity contribution in [2.45, 2.75) is 18.9 Å². The molecule has 1 aromatic carbocycles. The Labute approximate surface area is 111 Å². The van der Waals surface area contributed by atoms with Crippen LogP contribution in [0.1, 0.15) is 12.0 Å². The zero-order valence-corrected chi connectivity index (χ0v) is 10.6. The number of hydrogen-bond donors (Lipinski definition) is 3. The van der Waals surface area contributed by atoms with Crippen LogP contribution in [0, 0.1) is 0 Å². The van der Waals surface area contributed by atoms with Crippen LogP contribution < -0.4 is 10.1 Å². The number of methoxy groups -OCH3 is 1. The van der Waals surface area contributed by atoms with Crippen molar-refractivity contribution in [3.8, 4) is 5.75 Å². The number of carboxylic acids is 1. The van der Waals surface area contributed by atoms with Gasteiger partial charge in [-0.1, -0.05) is 12.1 Å². The van der Waals surface area contributed by atoms with E-state index in [-0.39, 0.29) is 25.3 Å². The maximum Gasteiger partial charge on any atom is 0.332 e. The average molecular weight is 267 g/mol. The molecule has 6 nitrogen and oxygen atoms in total. The molecule has 0 unspecified atom stereocenters. The lowest BCUT2D eigenvalue weighted by molar-refractivity contribution is -0.147. The van der Waals surface area contributed by atoms with Gasteiger partial charge >= 0.3 is 5.97 Å². The number of carbonyl (C=O) groups excluding carboxylic acids is 1. The minimum absolute atomic E-state index is 0.0147. The van der Waals surface area contributed by atoms with Crippen LogP contribution in [-0.2, 0) is 16.0 Å². The minimum Gasteiger partial charge on any atom is -0.497 e. The Hall–Kier alpha value is -2.08. The zero-order valence-electron chi connectivity index (χ0n) is 10.6. The van der Waals surface area contributed by atoms with Crippen molar-refractivity contribution in [1.29, 1.82) is 0 Å². The van der Waals surface area contributed by atoms with Gasteiger partial charge in [0.2, 0.25) is 5.91 Å². The van der Waals surface area contributed by atoms with Gasteiger partial charge in [0, 0.05) is 13.0 Å². The number of carboxylic acid groups (broad SMARTS) is 1. The molecule has 3 N–H and O–H groups in total. The second kappa shape index (κ2) is 7.38. The lowest BCUT2D eigenvalue weighted by atomic mass is 10.1. The topological polar surface area (TPSA) is 95.9 Å². The Morgan fingerprint density at radius 2 is 2.16 bits per heavy atom. The van der Waals surface area contributed by atoms with Crippen molar-refractivity contribution in [2.75, 3.05) is 13.7 Å². The van der Waals surface area contributed by atoms with Gasteiger partial charge in [0.25, 0.3) is 0 Å². The molecule has 0 spiro atoms. The molecule has 104 valence electrons. The first-order valence-electron chi connectivity index (χ1n) is 5.83. The van der Waals surface area contributed by atoms with E-state index < -0.39 is 12.1 Å². The van der Waals surface area contributed by atoms with Gasteiger partial charge in [-0.15, -0.1) is 0 Å². The summed E-state index contributed by atoms with van der Waals surface area (Å²) in [6, 6.07) is 7.13. The molecule has 0 saturated carbocycles. The first kappa shape index (κ1) is 15.0. The van der Waals surface area contributed by atoms with Gasteiger partial charge in [-0.2, -0.15) is 0 Å². The van der Waals surface area contributed by atoms with Crippen LogP contribution in [0.4, 0.5) is 0 Å². The van der Waals surface area contributed by atoms with Crippen LogP contribution in [0.25, 0.3) is 0 Å². The highest BCUT2D eigenvalue weighted by atomic mass is 16.5. The molecule has 0 aliphatic heterocycles. The zero-order chi connectivity index (χ0) is 14.3. The number of rotatable bonds is 7. The molecule has 0 bridgehead atoms. The summed E-state index contributed by atoms with van der Waals surface area (Å²) in [5, 5.41) is 20.0. The highest BCUT2D eigenvalue weighted by Crippen LogP contribution is 2.12. The van der Waals surface area contributed by atoms with E-state index >= 15 is 0 Å². The van der Waals surface area contributed by atoms with Crippen molar-refractivity contribution in [3.63, 3.8) is 0 Å². The third-order valence-electron chi connectivity index (χ3n) is 2.52. The molecule has 6 heteroatoms. The highest BCUT2D eigenvalue weighted by Gasteiger charge is 2.12. The number of hydrogen-bond acceptors (Lipinski definition) is 4. The summed E-state index contributed by atoms with van der Waals surface area (Å²) in [6.45, 7) is 0.121. The minimum atomic E-state index is -1.45. The molecule has 0 saturated heterocycles. The van der Waals surface area contributed by atoms with E-state index in [1.165, 1.54) is 0 Å². The van der Waals surface area contributed by atoms with Crippen LogP contribution >= 0.6 is 0 Å². The van der Waals surface area contributed by atoms with Gasteiger partial charge in [0.05, 0.1) is 13.5 Å². The largest absolute Gasteiger partial charge is 0.497 e. The summed E-state index contributed by atoms with van der Waals surface area (Å²) in [5.74, 6) is -0.848. The number of aliphatic hydroxyl groups excluding tert-OH is 1. The molecule has 0 heterocycles. The van der Waals surface area contributed by atoms with E-state index in [0.717, 1.165) is 5.56 Å². The Kier molecular flexibility index (Phi) is 5.81. The van der Waals surface area contributed by atoms with E-state index in [1.807, 2.05) is 0 Å². The molecule has 1 rings (SSSR count). The number of nitrogens with one attached hydrogen (secondary N) is 1. The molecule has 0 aliphatic carbocycles. The van der Waals surface area contributed by atoms with E-state index in [9.17, 15) is 9.59 Å². The van der Waals surface area contributed by atoms with E-state index in [2.05, 4.69) is 5.32 Å². The van der Waals surface area contributed by atoms with Crippen LogP contribution in [-0.4, -0.2) is 41.8 Å². The molecule has 0 radical (unpaired) electrons. The number of amides is 1. The van der Waals surface area contributed by atoms with Crippen molar-refractivity contribution >= 4 is 11.9 Å². The Morgan fingerprint density at radius 1 is 1.42 bits per heavy atom. The molecule has 1 atom stereocenters. The molecule has 0 fully saturated rings. The Morgan fingerprint density at radius 3 is 2.79 bits per heavy atom. The lowest BCUT2D eigenvalue weighted by Crippen LogP contribution is -2.30. The normalized spacial score (nSPS) is 11.7. The second-order valence-electron chi connectivity index (χ2n) is 4.02. The summed E-state index contributed by atoms with van der Waals surface area (Å²) in [6.07, 6.45) is -1.28. The Bertz CT molecular complexity index is 446. The number of benzene rings is 1. The maximum atomic E-state index is 11.6. The fraction of sp³-hybridized carbons (Fsp3) is 0.385. The first-order valence-corrected chi connectivity index (χ1v) is 5.83. The molecular formula is C13H17NO5. The van der Waals surface area contributed by atoms with Crippen LogP contribution in [0.5, 0.6) is 5.75 Å². The monoisotopic (exact) mass is 267 g/mol. The third-order valence-corrected chi connectivity index (χ3v) is 2.52. The van der Waals surface area contributed by atoms with Gasteiger partial charge in [-0.05, 0) is 17.7 Å². The molecule has 19 heavy (non-hydrogen) atoms. The SMILES string of the molecule is COc1cccc(CC(=O)NCC[C@H](O)C(=O)O)c1. The summed E-state index contributed by atoms with van der Waals surface area (Å²) in [4.78, 5) is 21.9. The summed E-state index contributed by atoms with van der Waals surface area (Å²) >= 11 is 0. The van der Waals surface area contributed by atoms with E-state index in [1.54, 1.807) is 31.4 Å².